The van der Waals surface area contributed by atoms with Crippen LogP contribution in [-0.4, -0.2) is 12.5 Å². The molecular formula is C19H23BrN2O. The lowest BCUT2D eigenvalue weighted by Gasteiger charge is -2.07. The van der Waals surface area contributed by atoms with E-state index in [0.717, 1.165) is 42.5 Å². The molecule has 23 heavy (non-hydrogen) atoms. The van der Waals surface area contributed by atoms with E-state index in [2.05, 4.69) is 45.6 Å². The highest BCUT2D eigenvalue weighted by Gasteiger charge is 2.04. The van der Waals surface area contributed by atoms with Crippen LogP contribution in [0.3, 0.4) is 0 Å². The van der Waals surface area contributed by atoms with Crippen molar-refractivity contribution < 1.29 is 4.79 Å². The second-order valence-corrected chi connectivity index (χ2v) is 6.45. The number of unbranched alkanes of at least 4 members (excludes halogenated alkanes) is 1. The van der Waals surface area contributed by atoms with Crippen LogP contribution >= 0.6 is 15.9 Å². The summed E-state index contributed by atoms with van der Waals surface area (Å²) < 4.78 is 1.09. The maximum Gasteiger partial charge on any atom is 0.251 e. The van der Waals surface area contributed by atoms with Crippen molar-refractivity contribution in [1.29, 1.82) is 0 Å². The average Bonchev–Trinajstić information content (AvgIpc) is 2.57. The molecule has 0 aromatic heterocycles. The Labute approximate surface area is 146 Å². The summed E-state index contributed by atoms with van der Waals surface area (Å²) in [7, 11) is 0. The lowest BCUT2D eigenvalue weighted by molar-refractivity contribution is 0.0953. The Morgan fingerprint density at radius 2 is 1.52 bits per heavy atom. The first kappa shape index (κ1) is 17.7. The highest BCUT2D eigenvalue weighted by atomic mass is 79.9. The van der Waals surface area contributed by atoms with Crippen molar-refractivity contribution in [3.05, 3.63) is 69.7 Å². The third-order valence-electron chi connectivity index (χ3n) is 3.60. The van der Waals surface area contributed by atoms with Crippen LogP contribution in [0.4, 0.5) is 0 Å². The minimum atomic E-state index is 0.00724. The van der Waals surface area contributed by atoms with E-state index < -0.39 is 0 Å². The number of halogens is 1. The van der Waals surface area contributed by atoms with Crippen LogP contribution in [-0.2, 0) is 13.1 Å². The Morgan fingerprint density at radius 1 is 0.957 bits per heavy atom. The van der Waals surface area contributed by atoms with E-state index in [1.54, 1.807) is 0 Å². The molecule has 3 nitrogen and oxygen atoms in total. The van der Waals surface area contributed by atoms with Crippen molar-refractivity contribution in [2.45, 2.75) is 32.9 Å². The van der Waals surface area contributed by atoms with Gasteiger partial charge in [0.25, 0.3) is 5.91 Å². The van der Waals surface area contributed by atoms with E-state index in [1.807, 2.05) is 36.4 Å². The summed E-state index contributed by atoms with van der Waals surface area (Å²) >= 11 is 3.44. The van der Waals surface area contributed by atoms with Crippen LogP contribution < -0.4 is 10.6 Å². The smallest absolute Gasteiger partial charge is 0.251 e. The van der Waals surface area contributed by atoms with Crippen LogP contribution in [0.15, 0.2) is 53.0 Å². The Kier molecular flexibility index (Phi) is 7.30. The maximum atomic E-state index is 11.9. The van der Waals surface area contributed by atoms with Gasteiger partial charge in [-0.1, -0.05) is 53.5 Å². The molecule has 0 saturated heterocycles. The molecule has 2 aromatic carbocycles. The van der Waals surface area contributed by atoms with Crippen LogP contribution in [0, 0.1) is 0 Å². The Balaban J connectivity index is 1.78. The van der Waals surface area contributed by atoms with Gasteiger partial charge in [0, 0.05) is 29.7 Å². The molecule has 0 heterocycles. The summed E-state index contributed by atoms with van der Waals surface area (Å²) in [5.74, 6) is 0.00724. The number of rotatable bonds is 8. The summed E-state index contributed by atoms with van der Waals surface area (Å²) in [5, 5.41) is 6.34. The first-order valence-corrected chi connectivity index (χ1v) is 8.80. The lowest BCUT2D eigenvalue weighted by atomic mass is 10.1. The second-order valence-electron chi connectivity index (χ2n) is 5.54. The summed E-state index contributed by atoms with van der Waals surface area (Å²) in [4.78, 5) is 11.9. The Morgan fingerprint density at radius 3 is 2.09 bits per heavy atom. The number of carbonyl (C=O) groups is 1. The van der Waals surface area contributed by atoms with E-state index in [9.17, 15) is 4.79 Å². The van der Waals surface area contributed by atoms with E-state index >= 15 is 0 Å². The van der Waals surface area contributed by atoms with Crippen LogP contribution in [0.25, 0.3) is 0 Å². The topological polar surface area (TPSA) is 41.1 Å². The van der Waals surface area contributed by atoms with Crippen LogP contribution in [0.2, 0.25) is 0 Å². The van der Waals surface area contributed by atoms with Gasteiger partial charge in [-0.25, -0.2) is 0 Å². The fraction of sp³-hybridized carbons (Fsp3) is 0.316. The number of benzene rings is 2. The minimum absolute atomic E-state index is 0.00724. The maximum absolute atomic E-state index is 11.9. The fourth-order valence-corrected chi connectivity index (χ4v) is 2.47. The van der Waals surface area contributed by atoms with Gasteiger partial charge in [0.2, 0.25) is 0 Å². The molecule has 2 rings (SSSR count). The third-order valence-corrected chi connectivity index (χ3v) is 4.13. The van der Waals surface area contributed by atoms with Gasteiger partial charge in [0.15, 0.2) is 0 Å². The molecule has 0 saturated carbocycles. The molecule has 0 bridgehead atoms. The molecule has 0 spiro atoms. The van der Waals surface area contributed by atoms with Crippen molar-refractivity contribution in [2.75, 3.05) is 6.54 Å². The molecule has 0 fully saturated rings. The van der Waals surface area contributed by atoms with Crippen molar-refractivity contribution >= 4 is 21.8 Å². The summed E-state index contributed by atoms with van der Waals surface area (Å²) in [6.07, 6.45) is 2.10. The van der Waals surface area contributed by atoms with Gasteiger partial charge in [-0.15, -0.1) is 0 Å². The highest BCUT2D eigenvalue weighted by molar-refractivity contribution is 9.10. The molecule has 0 radical (unpaired) electrons. The molecule has 0 unspecified atom stereocenters. The van der Waals surface area contributed by atoms with Crippen molar-refractivity contribution in [3.8, 4) is 0 Å². The van der Waals surface area contributed by atoms with Gasteiger partial charge in [0.1, 0.15) is 0 Å². The van der Waals surface area contributed by atoms with Gasteiger partial charge in [-0.05, 0) is 41.8 Å². The van der Waals surface area contributed by atoms with Gasteiger partial charge in [0.05, 0.1) is 0 Å². The zero-order chi connectivity index (χ0) is 16.5. The van der Waals surface area contributed by atoms with E-state index in [1.165, 1.54) is 11.1 Å². The Bertz CT molecular complexity index is 608. The largest absolute Gasteiger partial charge is 0.352 e. The summed E-state index contributed by atoms with van der Waals surface area (Å²) in [5.41, 5.74) is 3.14. The number of nitrogens with one attached hydrogen (secondary N) is 2. The predicted octanol–water partition coefficient (Wildman–Crippen LogP) is 4.27. The molecule has 2 N–H and O–H groups in total. The fourth-order valence-electron chi connectivity index (χ4n) is 2.21. The van der Waals surface area contributed by atoms with E-state index in [0.29, 0.717) is 0 Å². The highest BCUT2D eigenvalue weighted by Crippen LogP contribution is 2.10. The first-order valence-electron chi connectivity index (χ1n) is 8.01. The minimum Gasteiger partial charge on any atom is -0.352 e. The first-order chi connectivity index (χ1) is 11.2. The second kappa shape index (κ2) is 9.48. The molecule has 0 aliphatic heterocycles. The summed E-state index contributed by atoms with van der Waals surface area (Å²) in [6.45, 7) is 4.47. The van der Waals surface area contributed by atoms with Crippen molar-refractivity contribution in [1.82, 2.24) is 10.6 Å². The van der Waals surface area contributed by atoms with Gasteiger partial charge >= 0.3 is 0 Å². The van der Waals surface area contributed by atoms with Crippen LogP contribution in [0.5, 0.6) is 0 Å². The summed E-state index contributed by atoms with van der Waals surface area (Å²) in [6, 6.07) is 16.1. The van der Waals surface area contributed by atoms with E-state index in [-0.39, 0.29) is 5.91 Å². The molecular weight excluding hydrogens is 352 g/mol. The van der Waals surface area contributed by atoms with Gasteiger partial charge in [-0.3, -0.25) is 4.79 Å². The molecule has 4 heteroatoms. The normalized spacial score (nSPS) is 10.5. The zero-order valence-electron chi connectivity index (χ0n) is 13.4. The zero-order valence-corrected chi connectivity index (χ0v) is 15.0. The standard InChI is InChI=1S/C19H23BrN2O/c1-2-3-12-22-19(23)17-8-4-15(5-9-17)13-21-14-16-6-10-18(20)11-7-16/h4-11,21H,2-3,12-14H2,1H3,(H,22,23). The molecule has 0 aliphatic rings. The van der Waals surface area contributed by atoms with E-state index in [4.69, 9.17) is 0 Å². The molecule has 1 amide bonds. The monoisotopic (exact) mass is 374 g/mol. The molecule has 122 valence electrons. The number of carbonyl (C=O) groups excluding carboxylic acids is 1. The third kappa shape index (κ3) is 6.16. The Hall–Kier alpha value is -1.65. The van der Waals surface area contributed by atoms with Gasteiger partial charge < -0.3 is 10.6 Å². The van der Waals surface area contributed by atoms with Gasteiger partial charge in [-0.2, -0.15) is 0 Å². The SMILES string of the molecule is CCCCNC(=O)c1ccc(CNCc2ccc(Br)cc2)cc1. The van der Waals surface area contributed by atoms with Crippen molar-refractivity contribution in [3.63, 3.8) is 0 Å². The van der Waals surface area contributed by atoms with Crippen molar-refractivity contribution in [2.24, 2.45) is 0 Å². The predicted molar refractivity (Wildman–Crippen MR) is 98.4 cm³/mol. The van der Waals surface area contributed by atoms with Crippen LogP contribution in [0.1, 0.15) is 41.3 Å². The number of hydrogen-bond donors (Lipinski definition) is 2. The molecule has 0 aliphatic carbocycles. The molecule has 2 aromatic rings. The quantitative estimate of drug-likeness (QED) is 0.677. The number of hydrogen-bond acceptors (Lipinski definition) is 2. The lowest BCUT2D eigenvalue weighted by Crippen LogP contribution is -2.24. The average molecular weight is 375 g/mol. The number of amides is 1. The molecule has 0 atom stereocenters.